The van der Waals surface area contributed by atoms with Crippen molar-refractivity contribution >= 4 is 11.7 Å². The van der Waals surface area contributed by atoms with E-state index in [9.17, 15) is 26.7 Å². The zero-order valence-corrected chi connectivity index (χ0v) is 22.2. The van der Waals surface area contributed by atoms with Crippen LogP contribution in [-0.4, -0.2) is 78.8 Å². The molecule has 6 atom stereocenters. The molecular weight excluding hydrogens is 523 g/mol. The molecule has 0 N–H and O–H groups in total. The lowest BCUT2D eigenvalue weighted by Crippen LogP contribution is -2.53. The first-order chi connectivity index (χ1) is 18.6. The number of carbonyl (C=O) groups excluding carboxylic acids is 1. The maximum Gasteiger partial charge on any atom is 0.451 e. The molecule has 1 aliphatic carbocycles. The molecule has 4 aliphatic rings. The number of rotatable bonds is 9. The number of fused-ring (bicyclic) bond motifs is 2. The second-order valence-electron chi connectivity index (χ2n) is 11.7. The number of alkyl halides is 5. The van der Waals surface area contributed by atoms with Crippen molar-refractivity contribution in [3.8, 4) is 0 Å². The number of amides is 1. The Balaban J connectivity index is 1.20. The van der Waals surface area contributed by atoms with Gasteiger partial charge in [0.2, 0.25) is 18.2 Å². The minimum atomic E-state index is -4.65. The molecule has 39 heavy (non-hydrogen) atoms. The monoisotopic (exact) mass is 560 g/mol. The standard InChI is InChI=1S/C27H37F5N4O3/c1-38-21-16-39-10-7-18(21)4-2-3-17-5-8-26(12-17,13-22(28)29)25(37)36-15-19-11-20(36)14-35(19)23-6-9-33-24(34-23)27(30,31)32/h6,9,17-22H,2-5,7-8,10-16H2,1H3/t17-,18+,19+,20+,21-,26+/m1/s1. The summed E-state index contributed by atoms with van der Waals surface area (Å²) in [7, 11) is 1.70. The van der Waals surface area contributed by atoms with E-state index in [1.165, 1.54) is 6.07 Å². The Kier molecular flexibility index (Phi) is 8.33. The predicted molar refractivity (Wildman–Crippen MR) is 132 cm³/mol. The number of anilines is 1. The molecule has 2 bridgehead atoms. The van der Waals surface area contributed by atoms with Gasteiger partial charge in [0.15, 0.2) is 0 Å². The summed E-state index contributed by atoms with van der Waals surface area (Å²) >= 11 is 0. The molecule has 0 radical (unpaired) electrons. The van der Waals surface area contributed by atoms with Crippen LogP contribution in [0.1, 0.15) is 63.6 Å². The molecule has 7 nitrogen and oxygen atoms in total. The van der Waals surface area contributed by atoms with Crippen molar-refractivity contribution in [3.05, 3.63) is 18.1 Å². The van der Waals surface area contributed by atoms with Crippen molar-refractivity contribution in [2.75, 3.05) is 38.3 Å². The maximum absolute atomic E-state index is 13.8. The summed E-state index contributed by atoms with van der Waals surface area (Å²) in [5, 5.41) is 0. The van der Waals surface area contributed by atoms with Crippen LogP contribution in [0.25, 0.3) is 0 Å². The molecule has 4 fully saturated rings. The van der Waals surface area contributed by atoms with Crippen LogP contribution in [0.2, 0.25) is 0 Å². The van der Waals surface area contributed by atoms with E-state index in [4.69, 9.17) is 9.47 Å². The Morgan fingerprint density at radius 1 is 1.23 bits per heavy atom. The zero-order chi connectivity index (χ0) is 27.8. The molecule has 4 heterocycles. The van der Waals surface area contributed by atoms with Crippen molar-refractivity contribution in [2.24, 2.45) is 17.3 Å². The summed E-state index contributed by atoms with van der Waals surface area (Å²) in [6.45, 7) is 1.99. The fraction of sp³-hybridized carbons (Fsp3) is 0.815. The first-order valence-corrected chi connectivity index (χ1v) is 14.0. The van der Waals surface area contributed by atoms with Gasteiger partial charge in [-0.05, 0) is 56.4 Å². The average molecular weight is 561 g/mol. The topological polar surface area (TPSA) is 67.8 Å². The van der Waals surface area contributed by atoms with Crippen LogP contribution in [0.5, 0.6) is 0 Å². The molecule has 0 unspecified atom stereocenters. The Labute approximate surface area is 225 Å². The molecule has 0 aromatic carbocycles. The number of hydrogen-bond acceptors (Lipinski definition) is 6. The molecular formula is C27H37F5N4O3. The fourth-order valence-corrected chi connectivity index (χ4v) is 7.41. The number of halogens is 5. The molecule has 1 aromatic rings. The Bertz CT molecular complexity index is 1010. The van der Waals surface area contributed by atoms with Gasteiger partial charge in [0.05, 0.1) is 30.2 Å². The predicted octanol–water partition coefficient (Wildman–Crippen LogP) is 4.95. The Hall–Kier alpha value is -2.08. The van der Waals surface area contributed by atoms with E-state index in [2.05, 4.69) is 9.97 Å². The SMILES string of the molecule is CO[C@@H]1COCC[C@@H]1CCC[C@@H]1CC[C@](CC(F)F)(C(=O)N2C[C@@H]3C[C@H]2CN3c2ccnc(C(F)(F)F)n2)C1. The minimum Gasteiger partial charge on any atom is -0.379 e. The van der Waals surface area contributed by atoms with Crippen LogP contribution in [-0.2, 0) is 20.4 Å². The first-order valence-electron chi connectivity index (χ1n) is 14.0. The quantitative estimate of drug-likeness (QED) is 0.399. The lowest BCUT2D eigenvalue weighted by molar-refractivity contribution is -0.146. The van der Waals surface area contributed by atoms with E-state index in [0.29, 0.717) is 44.9 Å². The summed E-state index contributed by atoms with van der Waals surface area (Å²) < 4.78 is 77.9. The van der Waals surface area contributed by atoms with Gasteiger partial charge >= 0.3 is 6.18 Å². The van der Waals surface area contributed by atoms with Gasteiger partial charge in [-0.15, -0.1) is 0 Å². The van der Waals surface area contributed by atoms with E-state index in [-0.39, 0.29) is 35.8 Å². The van der Waals surface area contributed by atoms with E-state index < -0.39 is 30.3 Å². The van der Waals surface area contributed by atoms with E-state index >= 15 is 0 Å². The zero-order valence-electron chi connectivity index (χ0n) is 22.2. The van der Waals surface area contributed by atoms with Crippen molar-refractivity contribution in [1.29, 1.82) is 0 Å². The highest BCUT2D eigenvalue weighted by Gasteiger charge is 2.54. The summed E-state index contributed by atoms with van der Waals surface area (Å²) in [5.41, 5.74) is -1.07. The summed E-state index contributed by atoms with van der Waals surface area (Å²) in [5.74, 6) is -0.562. The van der Waals surface area contributed by atoms with E-state index in [1.54, 1.807) is 16.9 Å². The van der Waals surface area contributed by atoms with Crippen LogP contribution in [0, 0.1) is 17.3 Å². The second kappa shape index (κ2) is 11.4. The molecule has 1 amide bonds. The van der Waals surface area contributed by atoms with Crippen LogP contribution < -0.4 is 4.90 Å². The van der Waals surface area contributed by atoms with Crippen molar-refractivity contribution in [3.63, 3.8) is 0 Å². The van der Waals surface area contributed by atoms with Crippen molar-refractivity contribution in [1.82, 2.24) is 14.9 Å². The maximum atomic E-state index is 13.8. The summed E-state index contributed by atoms with van der Waals surface area (Å²) in [6.07, 6.45) is -0.368. The van der Waals surface area contributed by atoms with Gasteiger partial charge in [-0.1, -0.05) is 12.8 Å². The van der Waals surface area contributed by atoms with Gasteiger partial charge < -0.3 is 19.3 Å². The smallest absolute Gasteiger partial charge is 0.379 e. The molecule has 5 rings (SSSR count). The van der Waals surface area contributed by atoms with Gasteiger partial charge in [-0.25, -0.2) is 18.7 Å². The molecule has 0 spiro atoms. The number of ether oxygens (including phenoxy) is 2. The number of nitrogens with zero attached hydrogens (tertiary/aromatic N) is 4. The van der Waals surface area contributed by atoms with E-state index in [0.717, 1.165) is 44.9 Å². The third-order valence-electron chi connectivity index (χ3n) is 9.33. The van der Waals surface area contributed by atoms with Crippen LogP contribution in [0.4, 0.5) is 27.8 Å². The average Bonchev–Trinajstić information content (AvgIpc) is 3.63. The van der Waals surface area contributed by atoms with Crippen LogP contribution >= 0.6 is 0 Å². The summed E-state index contributed by atoms with van der Waals surface area (Å²) in [6, 6.07) is 1.03. The van der Waals surface area contributed by atoms with E-state index in [1.807, 2.05) is 0 Å². The van der Waals surface area contributed by atoms with Crippen LogP contribution in [0.15, 0.2) is 12.3 Å². The number of aromatic nitrogens is 2. The number of piperazine rings is 1. The third kappa shape index (κ3) is 6.01. The highest BCUT2D eigenvalue weighted by Crippen LogP contribution is 2.50. The van der Waals surface area contributed by atoms with Gasteiger partial charge in [-0.2, -0.15) is 13.2 Å². The first kappa shape index (κ1) is 28.4. The molecule has 1 aromatic heterocycles. The third-order valence-corrected chi connectivity index (χ3v) is 9.33. The Morgan fingerprint density at radius 3 is 2.74 bits per heavy atom. The van der Waals surface area contributed by atoms with Crippen molar-refractivity contribution < 1.29 is 36.2 Å². The normalized spacial score (nSPS) is 32.9. The van der Waals surface area contributed by atoms with Crippen LogP contribution in [0.3, 0.4) is 0 Å². The fourth-order valence-electron chi connectivity index (χ4n) is 7.41. The van der Waals surface area contributed by atoms with Gasteiger partial charge in [0.25, 0.3) is 0 Å². The van der Waals surface area contributed by atoms with Gasteiger partial charge in [-0.3, -0.25) is 4.79 Å². The Morgan fingerprint density at radius 2 is 2.05 bits per heavy atom. The summed E-state index contributed by atoms with van der Waals surface area (Å²) in [4.78, 5) is 24.4. The number of hydrogen-bond donors (Lipinski definition) is 0. The number of likely N-dealkylation sites (tertiary alicyclic amines) is 1. The molecule has 12 heteroatoms. The number of carbonyl (C=O) groups is 1. The van der Waals surface area contributed by atoms with Crippen molar-refractivity contribution in [2.45, 2.75) is 88.6 Å². The lowest BCUT2D eigenvalue weighted by atomic mass is 9.79. The van der Waals surface area contributed by atoms with Gasteiger partial charge in [0, 0.05) is 39.4 Å². The molecule has 218 valence electrons. The highest BCUT2D eigenvalue weighted by atomic mass is 19.4. The lowest BCUT2D eigenvalue weighted by Gasteiger charge is -2.40. The largest absolute Gasteiger partial charge is 0.451 e. The molecule has 3 saturated heterocycles. The minimum absolute atomic E-state index is 0.0920. The second-order valence-corrected chi connectivity index (χ2v) is 11.7. The van der Waals surface area contributed by atoms with Gasteiger partial charge in [0.1, 0.15) is 5.82 Å². The number of methoxy groups -OCH3 is 1. The highest BCUT2D eigenvalue weighted by molar-refractivity contribution is 5.84. The molecule has 1 saturated carbocycles. The molecule has 3 aliphatic heterocycles.